The monoisotopic (exact) mass is 379 g/mol. The Morgan fingerprint density at radius 3 is 2.69 bits per heavy atom. The van der Waals surface area contributed by atoms with Crippen molar-refractivity contribution in [3.8, 4) is 0 Å². The summed E-state index contributed by atoms with van der Waals surface area (Å²) in [6.07, 6.45) is 7.38. The molecule has 1 aliphatic carbocycles. The fraction of sp³-hybridized carbons (Fsp3) is 0.474. The van der Waals surface area contributed by atoms with Crippen molar-refractivity contribution in [1.29, 1.82) is 0 Å². The van der Waals surface area contributed by atoms with Crippen LogP contribution in [0, 0.1) is 11.6 Å². The van der Waals surface area contributed by atoms with Gasteiger partial charge in [0.2, 0.25) is 5.91 Å². The Labute approximate surface area is 155 Å². The van der Waals surface area contributed by atoms with Gasteiger partial charge in [0, 0.05) is 24.2 Å². The van der Waals surface area contributed by atoms with E-state index in [4.69, 9.17) is 4.99 Å². The third-order valence-corrected chi connectivity index (χ3v) is 5.66. The lowest BCUT2D eigenvalue weighted by Crippen LogP contribution is -2.21. The maximum absolute atomic E-state index is 13.7. The maximum Gasteiger partial charge on any atom is 0.230 e. The van der Waals surface area contributed by atoms with E-state index < -0.39 is 11.6 Å². The third-order valence-electron chi connectivity index (χ3n) is 4.68. The fourth-order valence-corrected chi connectivity index (χ4v) is 4.14. The number of amides is 1. The van der Waals surface area contributed by atoms with E-state index in [-0.39, 0.29) is 18.0 Å². The second kappa shape index (κ2) is 8.58. The van der Waals surface area contributed by atoms with Gasteiger partial charge in [-0.05, 0) is 25.0 Å². The number of benzene rings is 1. The first-order valence-corrected chi connectivity index (χ1v) is 9.83. The Morgan fingerprint density at radius 1 is 1.27 bits per heavy atom. The van der Waals surface area contributed by atoms with Gasteiger partial charge in [-0.3, -0.25) is 9.79 Å². The first-order valence-electron chi connectivity index (χ1n) is 8.95. The predicted octanol–water partition coefficient (Wildman–Crippen LogP) is 4.17. The molecule has 2 aromatic rings. The van der Waals surface area contributed by atoms with Gasteiger partial charge in [0.05, 0.1) is 18.2 Å². The molecule has 0 spiro atoms. The van der Waals surface area contributed by atoms with E-state index in [9.17, 15) is 13.6 Å². The molecule has 1 N–H and O–H groups in total. The molecule has 0 saturated heterocycles. The molecule has 1 heterocycles. The second-order valence-electron chi connectivity index (χ2n) is 6.69. The number of carbonyl (C=O) groups is 1. The highest BCUT2D eigenvalue weighted by Gasteiger charge is 2.14. The van der Waals surface area contributed by atoms with Crippen molar-refractivity contribution in [2.45, 2.75) is 51.0 Å². The highest BCUT2D eigenvalue weighted by Crippen LogP contribution is 2.20. The van der Waals surface area contributed by atoms with Gasteiger partial charge in [-0.15, -0.1) is 11.3 Å². The first-order chi connectivity index (χ1) is 12.5. The van der Waals surface area contributed by atoms with Gasteiger partial charge >= 0.3 is 0 Å². The molecule has 140 valence electrons. The van der Waals surface area contributed by atoms with E-state index in [1.54, 1.807) is 0 Å². The van der Waals surface area contributed by atoms with Crippen LogP contribution in [0.3, 0.4) is 0 Å². The molecule has 1 aromatic carbocycles. The number of anilines is 1. The molecule has 1 saturated carbocycles. The quantitative estimate of drug-likeness (QED) is 0.797. The van der Waals surface area contributed by atoms with Crippen LogP contribution < -0.4 is 10.1 Å². The molecule has 1 fully saturated rings. The van der Waals surface area contributed by atoms with Crippen molar-refractivity contribution in [1.82, 2.24) is 4.57 Å². The number of nitrogens with zero attached hydrogens (tertiary/aromatic N) is 2. The van der Waals surface area contributed by atoms with Gasteiger partial charge in [0.15, 0.2) is 4.80 Å². The fourth-order valence-electron chi connectivity index (χ4n) is 3.17. The smallest absolute Gasteiger partial charge is 0.230 e. The minimum absolute atomic E-state index is 0.0161. The first kappa shape index (κ1) is 18.8. The number of aromatic nitrogens is 1. The Kier molecular flexibility index (Phi) is 6.19. The number of hydrogen-bond donors (Lipinski definition) is 1. The van der Waals surface area contributed by atoms with Crippen LogP contribution in [0.4, 0.5) is 14.5 Å². The van der Waals surface area contributed by atoms with Gasteiger partial charge < -0.3 is 9.88 Å². The zero-order valence-electron chi connectivity index (χ0n) is 14.8. The van der Waals surface area contributed by atoms with Crippen LogP contribution >= 0.6 is 11.3 Å². The predicted molar refractivity (Wildman–Crippen MR) is 99.0 cm³/mol. The number of hydrogen-bond acceptors (Lipinski definition) is 3. The molecule has 7 heteroatoms. The number of carbonyl (C=O) groups excluding carboxylic acids is 1. The summed E-state index contributed by atoms with van der Waals surface area (Å²) in [5.74, 6) is -1.79. The van der Waals surface area contributed by atoms with Gasteiger partial charge in [-0.2, -0.15) is 0 Å². The van der Waals surface area contributed by atoms with Crippen molar-refractivity contribution < 1.29 is 13.6 Å². The van der Waals surface area contributed by atoms with Gasteiger partial charge in [0.1, 0.15) is 11.6 Å². The van der Waals surface area contributed by atoms with Crippen LogP contribution in [-0.2, 0) is 18.3 Å². The molecular weight excluding hydrogens is 356 g/mol. The van der Waals surface area contributed by atoms with E-state index in [0.29, 0.717) is 6.04 Å². The topological polar surface area (TPSA) is 46.4 Å². The molecule has 0 bridgehead atoms. The Balaban J connectivity index is 1.68. The van der Waals surface area contributed by atoms with Gasteiger partial charge in [0.25, 0.3) is 0 Å². The van der Waals surface area contributed by atoms with Crippen molar-refractivity contribution in [2.24, 2.45) is 12.0 Å². The molecule has 0 aliphatic heterocycles. The van der Waals surface area contributed by atoms with E-state index in [2.05, 4.69) is 5.32 Å². The number of thiazole rings is 1. The summed E-state index contributed by atoms with van der Waals surface area (Å²) in [6, 6.07) is 3.46. The van der Waals surface area contributed by atoms with Crippen LogP contribution in [0.25, 0.3) is 0 Å². The Hall–Kier alpha value is -2.02. The summed E-state index contributed by atoms with van der Waals surface area (Å²) in [7, 11) is 1.90. The van der Waals surface area contributed by atoms with Crippen molar-refractivity contribution in [2.75, 3.05) is 5.32 Å². The largest absolute Gasteiger partial charge is 0.324 e. The van der Waals surface area contributed by atoms with E-state index in [1.165, 1.54) is 43.1 Å². The Morgan fingerprint density at radius 2 is 2.00 bits per heavy atom. The minimum atomic E-state index is -0.780. The molecule has 26 heavy (non-hydrogen) atoms. The lowest BCUT2D eigenvalue weighted by Gasteiger charge is -2.08. The number of nitrogens with one attached hydrogen (secondary N) is 1. The highest BCUT2D eigenvalue weighted by molar-refractivity contribution is 7.07. The SMILES string of the molecule is Cn1c(CC(=O)Nc2ccc(F)cc2F)csc1=NC1CCCCCC1. The summed E-state index contributed by atoms with van der Waals surface area (Å²) in [4.78, 5) is 18.0. The summed E-state index contributed by atoms with van der Waals surface area (Å²) in [5.41, 5.74) is 0.806. The maximum atomic E-state index is 13.7. The average molecular weight is 379 g/mol. The van der Waals surface area contributed by atoms with Gasteiger partial charge in [-0.1, -0.05) is 25.7 Å². The number of rotatable bonds is 4. The second-order valence-corrected chi connectivity index (χ2v) is 7.53. The standard InChI is InChI=1S/C19H23F2N3OS/c1-24-15(11-18(25)23-17-9-8-13(20)10-16(17)21)12-26-19(24)22-14-6-4-2-3-5-7-14/h8-10,12,14H,2-7,11H2,1H3,(H,23,25). The highest BCUT2D eigenvalue weighted by atomic mass is 32.1. The minimum Gasteiger partial charge on any atom is -0.324 e. The molecule has 0 radical (unpaired) electrons. The molecule has 3 rings (SSSR count). The van der Waals surface area contributed by atoms with Crippen LogP contribution in [0.1, 0.15) is 44.2 Å². The molecule has 1 amide bonds. The van der Waals surface area contributed by atoms with E-state index in [0.717, 1.165) is 35.5 Å². The zero-order chi connectivity index (χ0) is 18.5. The number of halogens is 2. The molecular formula is C19H23F2N3OS. The lowest BCUT2D eigenvalue weighted by molar-refractivity contribution is -0.115. The van der Waals surface area contributed by atoms with Crippen molar-refractivity contribution >= 4 is 22.9 Å². The van der Waals surface area contributed by atoms with Crippen molar-refractivity contribution in [3.05, 3.63) is 45.7 Å². The molecule has 1 aromatic heterocycles. The molecule has 4 nitrogen and oxygen atoms in total. The molecule has 1 aliphatic rings. The van der Waals surface area contributed by atoms with E-state index >= 15 is 0 Å². The normalized spacial score (nSPS) is 16.5. The zero-order valence-corrected chi connectivity index (χ0v) is 15.6. The van der Waals surface area contributed by atoms with Crippen LogP contribution in [0.5, 0.6) is 0 Å². The summed E-state index contributed by atoms with van der Waals surface area (Å²) >= 11 is 1.52. The molecule has 0 unspecified atom stereocenters. The van der Waals surface area contributed by atoms with Gasteiger partial charge in [-0.25, -0.2) is 8.78 Å². The summed E-state index contributed by atoms with van der Waals surface area (Å²) in [6.45, 7) is 0. The lowest BCUT2D eigenvalue weighted by atomic mass is 10.1. The third kappa shape index (κ3) is 4.78. The van der Waals surface area contributed by atoms with Crippen LogP contribution in [0.15, 0.2) is 28.6 Å². The Bertz CT molecular complexity index is 836. The molecule has 0 atom stereocenters. The van der Waals surface area contributed by atoms with Crippen LogP contribution in [-0.4, -0.2) is 16.5 Å². The average Bonchev–Trinajstić information content (AvgIpc) is 2.80. The summed E-state index contributed by atoms with van der Waals surface area (Å²) in [5, 5.41) is 4.40. The van der Waals surface area contributed by atoms with Crippen LogP contribution in [0.2, 0.25) is 0 Å². The van der Waals surface area contributed by atoms with E-state index in [1.807, 2.05) is 17.0 Å². The summed E-state index contributed by atoms with van der Waals surface area (Å²) < 4.78 is 28.5. The van der Waals surface area contributed by atoms with Crippen molar-refractivity contribution in [3.63, 3.8) is 0 Å².